The molecule has 8 heteroatoms. The van der Waals surface area contributed by atoms with Gasteiger partial charge >= 0.3 is 12.1 Å². The zero-order valence-electron chi connectivity index (χ0n) is 9.90. The predicted octanol–water partition coefficient (Wildman–Crippen LogP) is 4.05. The van der Waals surface area contributed by atoms with Crippen LogP contribution in [-0.2, 0) is 10.7 Å². The van der Waals surface area contributed by atoms with Crippen molar-refractivity contribution in [3.05, 3.63) is 33.8 Å². The monoisotopic (exact) mass is 357 g/mol. The van der Waals surface area contributed by atoms with Crippen LogP contribution < -0.4 is 5.32 Å². The normalized spacial score (nSPS) is 21.2. The van der Waals surface area contributed by atoms with Crippen molar-refractivity contribution in [3.8, 4) is 0 Å². The number of rotatable bonds is 1. The maximum Gasteiger partial charge on any atom is 0.471 e. The van der Waals surface area contributed by atoms with Crippen LogP contribution in [0.15, 0.2) is 22.7 Å². The molecule has 1 aliphatic carbocycles. The first-order chi connectivity index (χ1) is 9.11. The molecule has 0 fully saturated rings. The highest BCUT2D eigenvalue weighted by molar-refractivity contribution is 9.10. The fourth-order valence-electron chi connectivity index (χ4n) is 2.15. The van der Waals surface area contributed by atoms with Crippen LogP contribution in [0.3, 0.4) is 0 Å². The molecule has 2 rings (SSSR count). The second kappa shape index (κ2) is 4.98. The number of alkyl halides is 5. The van der Waals surface area contributed by atoms with Gasteiger partial charge in [0, 0.05) is 16.5 Å². The number of carbonyl (C=O) groups is 1. The lowest BCUT2D eigenvalue weighted by Gasteiger charge is -2.32. The van der Waals surface area contributed by atoms with Gasteiger partial charge < -0.3 is 5.32 Å². The number of nitrogens with one attached hydrogen (secondary N) is 1. The van der Waals surface area contributed by atoms with Crippen molar-refractivity contribution in [1.82, 2.24) is 5.32 Å². The van der Waals surface area contributed by atoms with Gasteiger partial charge in [-0.15, -0.1) is 0 Å². The second-order valence-corrected chi connectivity index (χ2v) is 5.41. The maximum absolute atomic E-state index is 13.8. The number of fused-ring (bicyclic) bond motifs is 1. The lowest BCUT2D eigenvalue weighted by Crippen LogP contribution is -2.41. The highest BCUT2D eigenvalue weighted by Crippen LogP contribution is 2.45. The molecular formula is C12H9BrF5NO. The predicted molar refractivity (Wildman–Crippen MR) is 64.2 cm³/mol. The van der Waals surface area contributed by atoms with Crippen molar-refractivity contribution in [2.45, 2.75) is 31.0 Å². The Hall–Kier alpha value is -1.18. The molecule has 20 heavy (non-hydrogen) atoms. The van der Waals surface area contributed by atoms with Crippen LogP contribution in [-0.4, -0.2) is 12.1 Å². The highest BCUT2D eigenvalue weighted by Gasteiger charge is 2.44. The first kappa shape index (κ1) is 15.2. The van der Waals surface area contributed by atoms with Crippen LogP contribution in [0.5, 0.6) is 0 Å². The van der Waals surface area contributed by atoms with Crippen LogP contribution in [0.2, 0.25) is 0 Å². The first-order valence-corrected chi connectivity index (χ1v) is 6.46. The van der Waals surface area contributed by atoms with E-state index in [0.29, 0.717) is 4.47 Å². The molecule has 0 radical (unpaired) electrons. The fourth-order valence-corrected chi connectivity index (χ4v) is 2.52. The molecule has 1 N–H and O–H groups in total. The summed E-state index contributed by atoms with van der Waals surface area (Å²) in [5.41, 5.74) is -0.340. The highest BCUT2D eigenvalue weighted by atomic mass is 79.9. The minimum absolute atomic E-state index is 0.0158. The third-order valence-corrected chi connectivity index (χ3v) is 3.59. The average Bonchev–Trinajstić information content (AvgIpc) is 2.32. The number of hydrogen-bond donors (Lipinski definition) is 1. The van der Waals surface area contributed by atoms with E-state index >= 15 is 0 Å². The van der Waals surface area contributed by atoms with Crippen molar-refractivity contribution < 1.29 is 26.7 Å². The maximum atomic E-state index is 13.8. The number of carbonyl (C=O) groups excluding carboxylic acids is 1. The summed E-state index contributed by atoms with van der Waals surface area (Å²) < 4.78 is 64.6. The van der Waals surface area contributed by atoms with Gasteiger partial charge in [0.25, 0.3) is 5.92 Å². The summed E-state index contributed by atoms with van der Waals surface area (Å²) in [7, 11) is 0. The Morgan fingerprint density at radius 2 is 2.00 bits per heavy atom. The Balaban J connectivity index is 2.34. The summed E-state index contributed by atoms with van der Waals surface area (Å²) in [5, 5.41) is 1.76. The number of amides is 1. The van der Waals surface area contributed by atoms with Crippen LogP contribution in [0, 0.1) is 0 Å². The van der Waals surface area contributed by atoms with E-state index in [1.807, 2.05) is 0 Å². The number of halogens is 6. The molecule has 0 aliphatic heterocycles. The molecular weight excluding hydrogens is 349 g/mol. The van der Waals surface area contributed by atoms with Crippen LogP contribution in [0.1, 0.15) is 30.0 Å². The molecule has 1 amide bonds. The van der Waals surface area contributed by atoms with Gasteiger partial charge in [-0.05, 0) is 24.1 Å². The van der Waals surface area contributed by atoms with Crippen molar-refractivity contribution in [3.63, 3.8) is 0 Å². The lowest BCUT2D eigenvalue weighted by atomic mass is 9.85. The molecule has 110 valence electrons. The minimum atomic E-state index is -5.03. The van der Waals surface area contributed by atoms with Gasteiger partial charge in [-0.1, -0.05) is 22.0 Å². The molecule has 1 unspecified atom stereocenters. The standard InChI is InChI=1S/C12H9BrF5NO/c13-6-1-2-7-8(5-6)11(14,15)4-3-9(7)19-10(20)12(16,17)18/h1-2,5,9H,3-4H2,(H,19,20). The second-order valence-electron chi connectivity index (χ2n) is 4.50. The van der Waals surface area contributed by atoms with E-state index in [4.69, 9.17) is 0 Å². The van der Waals surface area contributed by atoms with Gasteiger partial charge in [-0.3, -0.25) is 4.79 Å². The van der Waals surface area contributed by atoms with Gasteiger partial charge in [-0.2, -0.15) is 13.2 Å². The van der Waals surface area contributed by atoms with Gasteiger partial charge in [0.05, 0.1) is 6.04 Å². The van der Waals surface area contributed by atoms with E-state index in [1.54, 1.807) is 5.32 Å². The van der Waals surface area contributed by atoms with Crippen molar-refractivity contribution >= 4 is 21.8 Å². The summed E-state index contributed by atoms with van der Waals surface area (Å²) in [4.78, 5) is 10.9. The molecule has 1 aliphatic rings. The van der Waals surface area contributed by atoms with E-state index in [9.17, 15) is 26.7 Å². The molecule has 0 aromatic heterocycles. The van der Waals surface area contributed by atoms with E-state index in [-0.39, 0.29) is 17.5 Å². The fraction of sp³-hybridized carbons (Fsp3) is 0.417. The number of hydrogen-bond acceptors (Lipinski definition) is 1. The zero-order valence-corrected chi connectivity index (χ0v) is 11.5. The summed E-state index contributed by atoms with van der Waals surface area (Å²) in [6.45, 7) is 0. The molecule has 1 aromatic rings. The molecule has 0 saturated carbocycles. The Bertz CT molecular complexity index is 543. The topological polar surface area (TPSA) is 29.1 Å². The smallest absolute Gasteiger partial charge is 0.341 e. The Morgan fingerprint density at radius 3 is 2.60 bits per heavy atom. The van der Waals surface area contributed by atoms with Crippen LogP contribution >= 0.6 is 15.9 Å². The van der Waals surface area contributed by atoms with E-state index in [2.05, 4.69) is 15.9 Å². The summed E-state index contributed by atoms with van der Waals surface area (Å²) >= 11 is 3.04. The van der Waals surface area contributed by atoms with Crippen molar-refractivity contribution in [1.29, 1.82) is 0 Å². The lowest BCUT2D eigenvalue weighted by molar-refractivity contribution is -0.174. The molecule has 0 saturated heterocycles. The SMILES string of the molecule is O=C(NC1CCC(F)(F)c2cc(Br)ccc21)C(F)(F)F. The summed E-state index contributed by atoms with van der Waals surface area (Å²) in [5.74, 6) is -5.24. The quantitative estimate of drug-likeness (QED) is 0.754. The third-order valence-electron chi connectivity index (χ3n) is 3.09. The molecule has 0 spiro atoms. The van der Waals surface area contributed by atoms with E-state index in [1.165, 1.54) is 18.2 Å². The van der Waals surface area contributed by atoms with Gasteiger partial charge in [-0.25, -0.2) is 8.78 Å². The molecule has 2 nitrogen and oxygen atoms in total. The largest absolute Gasteiger partial charge is 0.471 e. The van der Waals surface area contributed by atoms with Gasteiger partial charge in [0.2, 0.25) is 0 Å². The Kier molecular flexibility index (Phi) is 3.79. The minimum Gasteiger partial charge on any atom is -0.341 e. The Morgan fingerprint density at radius 1 is 1.35 bits per heavy atom. The Labute approximate surface area is 119 Å². The first-order valence-electron chi connectivity index (χ1n) is 5.67. The van der Waals surface area contributed by atoms with E-state index in [0.717, 1.165) is 0 Å². The van der Waals surface area contributed by atoms with E-state index < -0.39 is 30.5 Å². The number of benzene rings is 1. The van der Waals surface area contributed by atoms with Crippen molar-refractivity contribution in [2.24, 2.45) is 0 Å². The van der Waals surface area contributed by atoms with Gasteiger partial charge in [0.15, 0.2) is 0 Å². The molecule has 0 heterocycles. The third kappa shape index (κ3) is 2.94. The molecule has 0 bridgehead atoms. The van der Waals surface area contributed by atoms with Crippen molar-refractivity contribution in [2.75, 3.05) is 0 Å². The van der Waals surface area contributed by atoms with Gasteiger partial charge in [0.1, 0.15) is 0 Å². The average molecular weight is 358 g/mol. The zero-order chi connectivity index (χ0) is 15.1. The molecule has 1 atom stereocenters. The van der Waals surface area contributed by atoms with Crippen LogP contribution in [0.4, 0.5) is 22.0 Å². The van der Waals surface area contributed by atoms with Crippen LogP contribution in [0.25, 0.3) is 0 Å². The summed E-state index contributed by atoms with van der Waals surface area (Å²) in [6.07, 6.45) is -5.89. The molecule has 1 aromatic carbocycles. The summed E-state index contributed by atoms with van der Waals surface area (Å²) in [6, 6.07) is 2.86.